The van der Waals surface area contributed by atoms with Gasteiger partial charge in [-0.15, -0.1) is 11.8 Å². The number of thioether (sulfide) groups is 1. The maximum atomic E-state index is 12.9. The molecule has 0 fully saturated rings. The summed E-state index contributed by atoms with van der Waals surface area (Å²) in [6.07, 6.45) is 3.07. The van der Waals surface area contributed by atoms with Crippen LogP contribution in [-0.2, 0) is 16.0 Å². The van der Waals surface area contributed by atoms with Gasteiger partial charge in [-0.25, -0.2) is 0 Å². The predicted octanol–water partition coefficient (Wildman–Crippen LogP) is 4.15. The summed E-state index contributed by atoms with van der Waals surface area (Å²) < 4.78 is 4.78. The zero-order valence-electron chi connectivity index (χ0n) is 15.0. The summed E-state index contributed by atoms with van der Waals surface area (Å²) in [6, 6.07) is 15.7. The lowest BCUT2D eigenvalue weighted by molar-refractivity contribution is -0.139. The van der Waals surface area contributed by atoms with E-state index in [0.717, 1.165) is 24.2 Å². The van der Waals surface area contributed by atoms with Crippen molar-refractivity contribution in [3.05, 3.63) is 65.2 Å². The van der Waals surface area contributed by atoms with Gasteiger partial charge >= 0.3 is 5.97 Å². The molecule has 0 heterocycles. The molecule has 1 amide bonds. The third-order valence-electron chi connectivity index (χ3n) is 4.64. The molecule has 0 saturated heterocycles. The van der Waals surface area contributed by atoms with Gasteiger partial charge in [0.05, 0.1) is 18.7 Å². The Morgan fingerprint density at radius 2 is 1.88 bits per heavy atom. The molecule has 1 aliphatic carbocycles. The van der Waals surface area contributed by atoms with Crippen molar-refractivity contribution in [1.29, 1.82) is 0 Å². The van der Waals surface area contributed by atoms with E-state index < -0.39 is 0 Å². The summed E-state index contributed by atoms with van der Waals surface area (Å²) in [6.45, 7) is 1.78. The normalized spacial score (nSPS) is 17.1. The molecule has 3 rings (SSSR count). The van der Waals surface area contributed by atoms with Crippen LogP contribution in [0, 0.1) is 0 Å². The molecule has 2 unspecified atom stereocenters. The first-order valence-electron chi connectivity index (χ1n) is 8.82. The molecular formula is C21H23NO3S. The summed E-state index contributed by atoms with van der Waals surface area (Å²) in [5.74, 6) is -0.404. The van der Waals surface area contributed by atoms with Gasteiger partial charge in [-0.3, -0.25) is 9.59 Å². The summed E-state index contributed by atoms with van der Waals surface area (Å²) in [5, 5.41) is 2.81. The lowest BCUT2D eigenvalue weighted by atomic mass is 9.87. The first-order valence-corrected chi connectivity index (χ1v) is 9.70. The Labute approximate surface area is 158 Å². The molecule has 0 saturated carbocycles. The highest BCUT2D eigenvalue weighted by molar-refractivity contribution is 8.00. The fraction of sp³-hybridized carbons (Fsp3) is 0.333. The van der Waals surface area contributed by atoms with Crippen LogP contribution in [0.5, 0.6) is 0 Å². The van der Waals surface area contributed by atoms with Crippen LogP contribution in [-0.4, -0.2) is 24.2 Å². The van der Waals surface area contributed by atoms with Crippen molar-refractivity contribution < 1.29 is 14.3 Å². The molecule has 1 N–H and O–H groups in total. The van der Waals surface area contributed by atoms with E-state index >= 15 is 0 Å². The van der Waals surface area contributed by atoms with Crippen LogP contribution in [0.3, 0.4) is 0 Å². The maximum Gasteiger partial charge on any atom is 0.318 e. The van der Waals surface area contributed by atoms with Gasteiger partial charge in [0.15, 0.2) is 0 Å². The Bertz CT molecular complexity index is 805. The molecule has 1 aliphatic rings. The lowest BCUT2D eigenvalue weighted by Gasteiger charge is -2.26. The predicted molar refractivity (Wildman–Crippen MR) is 103 cm³/mol. The molecule has 5 heteroatoms. The number of aryl methyl sites for hydroxylation is 1. The van der Waals surface area contributed by atoms with E-state index in [2.05, 4.69) is 17.4 Å². The van der Waals surface area contributed by atoms with Crippen molar-refractivity contribution >= 4 is 23.6 Å². The monoisotopic (exact) mass is 369 g/mol. The highest BCUT2D eigenvalue weighted by Crippen LogP contribution is 2.31. The van der Waals surface area contributed by atoms with E-state index in [9.17, 15) is 9.59 Å². The number of carbonyl (C=O) groups is 2. The molecule has 0 radical (unpaired) electrons. The second-order valence-corrected chi connectivity index (χ2v) is 7.78. The highest BCUT2D eigenvalue weighted by Gasteiger charge is 2.24. The van der Waals surface area contributed by atoms with Crippen molar-refractivity contribution in [2.24, 2.45) is 0 Å². The molecule has 2 aromatic carbocycles. The van der Waals surface area contributed by atoms with E-state index in [1.807, 2.05) is 30.3 Å². The third kappa shape index (κ3) is 4.10. The van der Waals surface area contributed by atoms with Crippen LogP contribution in [0.4, 0.5) is 0 Å². The molecule has 2 aromatic rings. The zero-order chi connectivity index (χ0) is 18.5. The number of methoxy groups -OCH3 is 1. The molecule has 0 aliphatic heterocycles. The summed E-state index contributed by atoms with van der Waals surface area (Å²) in [4.78, 5) is 25.4. The van der Waals surface area contributed by atoms with Crippen molar-refractivity contribution in [3.63, 3.8) is 0 Å². The average Bonchev–Trinajstić information content (AvgIpc) is 2.68. The quantitative estimate of drug-likeness (QED) is 0.635. The Balaban J connectivity index is 1.78. The fourth-order valence-electron chi connectivity index (χ4n) is 3.30. The number of benzene rings is 2. The number of hydrogen-bond donors (Lipinski definition) is 1. The number of ether oxygens (including phenoxy) is 1. The summed E-state index contributed by atoms with van der Waals surface area (Å²) in [7, 11) is 1.37. The van der Waals surface area contributed by atoms with E-state index in [1.54, 1.807) is 13.0 Å². The summed E-state index contributed by atoms with van der Waals surface area (Å²) in [5.41, 5.74) is 3.11. The first-order chi connectivity index (χ1) is 12.6. The number of amides is 1. The summed E-state index contributed by atoms with van der Waals surface area (Å²) >= 11 is 1.34. The number of fused-ring (bicyclic) bond motifs is 1. The van der Waals surface area contributed by atoms with Gasteiger partial charge in [-0.1, -0.05) is 36.4 Å². The van der Waals surface area contributed by atoms with Gasteiger partial charge in [0.1, 0.15) is 5.25 Å². The van der Waals surface area contributed by atoms with E-state index in [1.165, 1.54) is 30.0 Å². The molecular weight excluding hydrogens is 346 g/mol. The maximum absolute atomic E-state index is 12.9. The van der Waals surface area contributed by atoms with Gasteiger partial charge in [0.2, 0.25) is 0 Å². The van der Waals surface area contributed by atoms with E-state index in [4.69, 9.17) is 4.74 Å². The minimum atomic E-state index is -0.371. The minimum absolute atomic E-state index is 0.0311. The molecule has 0 aromatic heterocycles. The van der Waals surface area contributed by atoms with Crippen molar-refractivity contribution in [2.45, 2.75) is 42.4 Å². The Morgan fingerprint density at radius 1 is 1.15 bits per heavy atom. The Morgan fingerprint density at radius 3 is 2.69 bits per heavy atom. The van der Waals surface area contributed by atoms with E-state index in [0.29, 0.717) is 5.56 Å². The minimum Gasteiger partial charge on any atom is -0.468 e. The van der Waals surface area contributed by atoms with Gasteiger partial charge in [-0.2, -0.15) is 0 Å². The highest BCUT2D eigenvalue weighted by atomic mass is 32.2. The molecule has 0 spiro atoms. The molecule has 0 bridgehead atoms. The van der Waals surface area contributed by atoms with E-state index in [-0.39, 0.29) is 23.2 Å². The number of rotatable bonds is 5. The number of esters is 1. The van der Waals surface area contributed by atoms with Crippen molar-refractivity contribution in [3.8, 4) is 0 Å². The molecule has 2 atom stereocenters. The second-order valence-electron chi connectivity index (χ2n) is 6.40. The van der Waals surface area contributed by atoms with Crippen LogP contribution in [0.2, 0.25) is 0 Å². The SMILES string of the molecule is COC(=O)C(C)Sc1ccccc1C(=O)NC1CCCc2ccccc21. The smallest absolute Gasteiger partial charge is 0.318 e. The molecule has 4 nitrogen and oxygen atoms in total. The van der Waals surface area contributed by atoms with Crippen LogP contribution in [0.1, 0.15) is 47.3 Å². The van der Waals surface area contributed by atoms with Crippen molar-refractivity contribution in [1.82, 2.24) is 5.32 Å². The fourth-order valence-corrected chi connectivity index (χ4v) is 4.32. The molecule has 136 valence electrons. The first kappa shape index (κ1) is 18.5. The number of hydrogen-bond acceptors (Lipinski definition) is 4. The average molecular weight is 369 g/mol. The topological polar surface area (TPSA) is 55.4 Å². The number of nitrogens with one attached hydrogen (secondary N) is 1. The van der Waals surface area contributed by atoms with Gasteiger partial charge in [0, 0.05) is 4.90 Å². The molecule has 26 heavy (non-hydrogen) atoms. The van der Waals surface area contributed by atoms with Crippen molar-refractivity contribution in [2.75, 3.05) is 7.11 Å². The van der Waals surface area contributed by atoms with Gasteiger partial charge in [0.25, 0.3) is 5.91 Å². The van der Waals surface area contributed by atoms with Gasteiger partial charge in [-0.05, 0) is 49.4 Å². The zero-order valence-corrected chi connectivity index (χ0v) is 15.8. The second kappa shape index (κ2) is 8.41. The Kier molecular flexibility index (Phi) is 5.99. The van der Waals surface area contributed by atoms with Crippen LogP contribution in [0.15, 0.2) is 53.4 Å². The van der Waals surface area contributed by atoms with Crippen LogP contribution >= 0.6 is 11.8 Å². The largest absolute Gasteiger partial charge is 0.468 e. The lowest BCUT2D eigenvalue weighted by Crippen LogP contribution is -2.31. The third-order valence-corrected chi connectivity index (χ3v) is 5.80. The van der Waals surface area contributed by atoms with Crippen LogP contribution < -0.4 is 5.32 Å². The number of carbonyl (C=O) groups excluding carboxylic acids is 2. The van der Waals surface area contributed by atoms with Crippen LogP contribution in [0.25, 0.3) is 0 Å². The Hall–Kier alpha value is -2.27. The van der Waals surface area contributed by atoms with Gasteiger partial charge < -0.3 is 10.1 Å². The standard InChI is InChI=1S/C21H23NO3S/c1-14(21(24)25-2)26-19-13-6-5-11-17(19)20(23)22-18-12-7-9-15-8-3-4-10-16(15)18/h3-6,8,10-11,13-14,18H,7,9,12H2,1-2H3,(H,22,23).